The Morgan fingerprint density at radius 2 is 2.00 bits per heavy atom. The van der Waals surface area contributed by atoms with Gasteiger partial charge in [-0.3, -0.25) is 9.59 Å². The molecule has 0 aromatic heterocycles. The number of carbonyl (C=O) groups excluding carboxylic acids is 2. The minimum Gasteiger partial charge on any atom is -0.352 e. The topological polar surface area (TPSA) is 49.4 Å². The van der Waals surface area contributed by atoms with Crippen molar-refractivity contribution in [3.8, 4) is 0 Å². The minimum atomic E-state index is -0.440. The zero-order valence-corrected chi connectivity index (χ0v) is 15.2. The van der Waals surface area contributed by atoms with Gasteiger partial charge in [0, 0.05) is 19.0 Å². The van der Waals surface area contributed by atoms with Crippen molar-refractivity contribution < 1.29 is 9.59 Å². The Morgan fingerprint density at radius 1 is 1.29 bits per heavy atom. The summed E-state index contributed by atoms with van der Waals surface area (Å²) in [7, 11) is 0. The maximum atomic E-state index is 12.6. The lowest BCUT2D eigenvalue weighted by atomic mass is 10.1. The van der Waals surface area contributed by atoms with Gasteiger partial charge < -0.3 is 10.2 Å². The number of nitrogens with one attached hydrogen (secondary N) is 1. The molecule has 4 heteroatoms. The maximum Gasteiger partial charge on any atom is 0.242 e. The number of hydrogen-bond acceptors (Lipinski definition) is 2. The van der Waals surface area contributed by atoms with Crippen molar-refractivity contribution in [1.29, 1.82) is 0 Å². The molecular formula is C20H30N2O2. The molecule has 1 fully saturated rings. The molecule has 1 N–H and O–H groups in total. The lowest BCUT2D eigenvalue weighted by Gasteiger charge is -2.29. The Balaban J connectivity index is 2.08. The average Bonchev–Trinajstić information content (AvgIpc) is 3.05. The highest BCUT2D eigenvalue weighted by molar-refractivity contribution is 5.87. The molecule has 0 heterocycles. The van der Waals surface area contributed by atoms with Crippen molar-refractivity contribution in [2.45, 2.75) is 77.9 Å². The lowest BCUT2D eigenvalue weighted by molar-refractivity contribution is -0.140. The molecular weight excluding hydrogens is 300 g/mol. The Labute approximate surface area is 145 Å². The molecule has 0 aliphatic heterocycles. The lowest BCUT2D eigenvalue weighted by Crippen LogP contribution is -2.49. The maximum absolute atomic E-state index is 12.6. The van der Waals surface area contributed by atoms with Crippen LogP contribution < -0.4 is 5.32 Å². The van der Waals surface area contributed by atoms with Crippen LogP contribution in [0.5, 0.6) is 0 Å². The van der Waals surface area contributed by atoms with Crippen LogP contribution in [-0.2, 0) is 16.1 Å². The monoisotopic (exact) mass is 330 g/mol. The molecule has 0 saturated heterocycles. The molecule has 2 rings (SSSR count). The minimum absolute atomic E-state index is 0.0287. The highest BCUT2D eigenvalue weighted by atomic mass is 16.2. The number of carbonyl (C=O) groups is 2. The molecule has 1 aromatic rings. The molecule has 0 radical (unpaired) electrons. The standard InChI is InChI=1S/C20H30N2O2/c1-4-8-19(23)22(14-17-10-7-9-15(2)13-17)16(3)20(24)21-18-11-5-6-12-18/h7,9-10,13,16,18H,4-6,8,11-12,14H2,1-3H3,(H,21,24)/t16-/m0/s1. The molecule has 1 aliphatic rings. The fourth-order valence-corrected chi connectivity index (χ4v) is 3.34. The second-order valence-corrected chi connectivity index (χ2v) is 6.93. The average molecular weight is 330 g/mol. The first-order valence-corrected chi connectivity index (χ1v) is 9.16. The Bertz CT molecular complexity index is 565. The van der Waals surface area contributed by atoms with E-state index >= 15 is 0 Å². The third-order valence-corrected chi connectivity index (χ3v) is 4.77. The Kier molecular flexibility index (Phi) is 6.83. The number of rotatable bonds is 7. The fraction of sp³-hybridized carbons (Fsp3) is 0.600. The van der Waals surface area contributed by atoms with Gasteiger partial charge in [0.2, 0.25) is 11.8 Å². The first-order chi connectivity index (χ1) is 11.5. The summed E-state index contributed by atoms with van der Waals surface area (Å²) < 4.78 is 0. The summed E-state index contributed by atoms with van der Waals surface area (Å²) in [5, 5.41) is 3.12. The van der Waals surface area contributed by atoms with Crippen LogP contribution >= 0.6 is 0 Å². The van der Waals surface area contributed by atoms with Gasteiger partial charge in [0.05, 0.1) is 0 Å². The molecule has 0 spiro atoms. The van der Waals surface area contributed by atoms with Gasteiger partial charge in [-0.15, -0.1) is 0 Å². The Hall–Kier alpha value is -1.84. The first kappa shape index (κ1) is 18.5. The summed E-state index contributed by atoms with van der Waals surface area (Å²) in [5.41, 5.74) is 2.23. The summed E-state index contributed by atoms with van der Waals surface area (Å²) in [4.78, 5) is 26.9. The van der Waals surface area contributed by atoms with Gasteiger partial charge in [0.1, 0.15) is 6.04 Å². The second-order valence-electron chi connectivity index (χ2n) is 6.93. The summed E-state index contributed by atoms with van der Waals surface area (Å²) in [6.07, 6.45) is 5.74. The Morgan fingerprint density at radius 3 is 2.62 bits per heavy atom. The predicted molar refractivity (Wildman–Crippen MR) is 96.5 cm³/mol. The van der Waals surface area contributed by atoms with Crippen LogP contribution in [0.25, 0.3) is 0 Å². The largest absolute Gasteiger partial charge is 0.352 e. The van der Waals surface area contributed by atoms with Gasteiger partial charge >= 0.3 is 0 Å². The molecule has 1 atom stereocenters. The molecule has 4 nitrogen and oxygen atoms in total. The summed E-state index contributed by atoms with van der Waals surface area (Å²) in [5.74, 6) is 0.0204. The molecule has 1 saturated carbocycles. The van der Waals surface area contributed by atoms with E-state index in [-0.39, 0.29) is 17.9 Å². The number of amides is 2. The van der Waals surface area contributed by atoms with Gasteiger partial charge in [-0.1, -0.05) is 49.6 Å². The third-order valence-electron chi connectivity index (χ3n) is 4.77. The van der Waals surface area contributed by atoms with Crippen LogP contribution in [0.2, 0.25) is 0 Å². The van der Waals surface area contributed by atoms with Gasteiger partial charge in [-0.25, -0.2) is 0 Å². The van der Waals surface area contributed by atoms with Gasteiger partial charge in [-0.2, -0.15) is 0 Å². The van der Waals surface area contributed by atoms with E-state index in [1.165, 1.54) is 18.4 Å². The zero-order valence-electron chi connectivity index (χ0n) is 15.2. The number of nitrogens with zero attached hydrogens (tertiary/aromatic N) is 1. The van der Waals surface area contributed by atoms with E-state index in [1.54, 1.807) is 4.90 Å². The van der Waals surface area contributed by atoms with E-state index in [4.69, 9.17) is 0 Å². The van der Waals surface area contributed by atoms with Crippen molar-refractivity contribution >= 4 is 11.8 Å². The summed E-state index contributed by atoms with van der Waals surface area (Å²) in [6.45, 7) is 6.36. The predicted octanol–water partition coefficient (Wildman–Crippen LogP) is 3.57. The highest BCUT2D eigenvalue weighted by Crippen LogP contribution is 2.19. The van der Waals surface area contributed by atoms with Gasteiger partial charge in [0.15, 0.2) is 0 Å². The second kappa shape index (κ2) is 8.86. The molecule has 24 heavy (non-hydrogen) atoms. The van der Waals surface area contributed by atoms with E-state index < -0.39 is 6.04 Å². The van der Waals surface area contributed by atoms with Crippen LogP contribution in [0.3, 0.4) is 0 Å². The van der Waals surface area contributed by atoms with Gasteiger partial charge in [0.25, 0.3) is 0 Å². The third kappa shape index (κ3) is 5.08. The van der Waals surface area contributed by atoms with Crippen LogP contribution in [0.4, 0.5) is 0 Å². The van der Waals surface area contributed by atoms with Crippen molar-refractivity contribution in [3.63, 3.8) is 0 Å². The van der Waals surface area contributed by atoms with Crippen LogP contribution in [0.1, 0.15) is 63.5 Å². The molecule has 1 aromatic carbocycles. The first-order valence-electron chi connectivity index (χ1n) is 9.16. The molecule has 0 bridgehead atoms. The smallest absolute Gasteiger partial charge is 0.242 e. The van der Waals surface area contributed by atoms with Gasteiger partial charge in [-0.05, 0) is 38.7 Å². The quantitative estimate of drug-likeness (QED) is 0.831. The number of hydrogen-bond donors (Lipinski definition) is 1. The highest BCUT2D eigenvalue weighted by Gasteiger charge is 2.27. The molecule has 132 valence electrons. The van der Waals surface area contributed by atoms with Crippen molar-refractivity contribution in [1.82, 2.24) is 10.2 Å². The fourth-order valence-electron chi connectivity index (χ4n) is 3.34. The van der Waals surface area contributed by atoms with Crippen LogP contribution in [0, 0.1) is 6.92 Å². The van der Waals surface area contributed by atoms with Crippen LogP contribution in [-0.4, -0.2) is 28.8 Å². The number of benzene rings is 1. The molecule has 0 unspecified atom stereocenters. The van der Waals surface area contributed by atoms with E-state index in [1.807, 2.05) is 39.0 Å². The molecule has 1 aliphatic carbocycles. The van der Waals surface area contributed by atoms with Crippen molar-refractivity contribution in [3.05, 3.63) is 35.4 Å². The van der Waals surface area contributed by atoms with Crippen molar-refractivity contribution in [2.24, 2.45) is 0 Å². The summed E-state index contributed by atoms with van der Waals surface area (Å²) >= 11 is 0. The van der Waals surface area contributed by atoms with E-state index in [0.717, 1.165) is 24.8 Å². The van der Waals surface area contributed by atoms with E-state index in [2.05, 4.69) is 11.4 Å². The van der Waals surface area contributed by atoms with Crippen LogP contribution in [0.15, 0.2) is 24.3 Å². The molecule has 2 amide bonds. The van der Waals surface area contributed by atoms with E-state index in [9.17, 15) is 9.59 Å². The SMILES string of the molecule is CCCC(=O)N(Cc1cccc(C)c1)[C@@H](C)C(=O)NC1CCCC1. The normalized spacial score (nSPS) is 16.0. The van der Waals surface area contributed by atoms with Crippen molar-refractivity contribution in [2.75, 3.05) is 0 Å². The number of aryl methyl sites for hydroxylation is 1. The zero-order chi connectivity index (χ0) is 17.5. The van der Waals surface area contributed by atoms with E-state index in [0.29, 0.717) is 13.0 Å². The summed E-state index contributed by atoms with van der Waals surface area (Å²) in [6, 6.07) is 7.97.